The highest BCUT2D eigenvalue weighted by Crippen LogP contribution is 2.31. The lowest BCUT2D eigenvalue weighted by atomic mass is 9.99. The van der Waals surface area contributed by atoms with E-state index in [9.17, 15) is 4.39 Å². The van der Waals surface area contributed by atoms with E-state index in [1.807, 2.05) is 12.1 Å². The lowest BCUT2D eigenvalue weighted by Crippen LogP contribution is -2.29. The van der Waals surface area contributed by atoms with E-state index in [0.717, 1.165) is 29.8 Å². The molecule has 0 radical (unpaired) electrons. The molecule has 0 spiro atoms. The third-order valence-corrected chi connectivity index (χ3v) is 2.73. The van der Waals surface area contributed by atoms with E-state index < -0.39 is 6.30 Å². The molecule has 0 saturated carbocycles. The summed E-state index contributed by atoms with van der Waals surface area (Å²) in [6.07, 6.45) is -0.0789. The first kappa shape index (κ1) is 9.46. The largest absolute Gasteiger partial charge is 0.497 e. The Morgan fingerprint density at radius 1 is 1.50 bits per heavy atom. The molecule has 2 rings (SSSR count). The van der Waals surface area contributed by atoms with Gasteiger partial charge in [0.05, 0.1) is 7.11 Å². The van der Waals surface area contributed by atoms with E-state index in [1.165, 1.54) is 0 Å². The Labute approximate surface area is 83.3 Å². The van der Waals surface area contributed by atoms with Crippen molar-refractivity contribution < 1.29 is 9.13 Å². The minimum absolute atomic E-state index is 0.724. The van der Waals surface area contributed by atoms with Gasteiger partial charge in [-0.05, 0) is 31.2 Å². The first-order chi connectivity index (χ1) is 6.72. The van der Waals surface area contributed by atoms with Crippen LogP contribution < -0.4 is 4.74 Å². The normalized spacial score (nSPS) is 21.8. The fourth-order valence-electron chi connectivity index (χ4n) is 1.80. The van der Waals surface area contributed by atoms with Gasteiger partial charge in [0.25, 0.3) is 0 Å². The van der Waals surface area contributed by atoms with Gasteiger partial charge in [-0.25, -0.2) is 4.39 Å². The second-order valence-corrected chi connectivity index (χ2v) is 3.63. The highest BCUT2D eigenvalue weighted by molar-refractivity contribution is 5.38. The van der Waals surface area contributed by atoms with Gasteiger partial charge < -0.3 is 4.74 Å². The van der Waals surface area contributed by atoms with Crippen molar-refractivity contribution in [1.82, 2.24) is 4.90 Å². The van der Waals surface area contributed by atoms with Crippen molar-refractivity contribution in [3.63, 3.8) is 0 Å². The summed E-state index contributed by atoms with van der Waals surface area (Å²) in [4.78, 5) is 1.71. The maximum Gasteiger partial charge on any atom is 0.179 e. The topological polar surface area (TPSA) is 12.5 Å². The van der Waals surface area contributed by atoms with Gasteiger partial charge in [-0.3, -0.25) is 4.90 Å². The molecule has 0 aliphatic carbocycles. The van der Waals surface area contributed by atoms with Crippen molar-refractivity contribution in [2.45, 2.75) is 12.7 Å². The maximum absolute atomic E-state index is 13.8. The molecule has 1 aromatic rings. The Hall–Kier alpha value is -1.09. The number of likely N-dealkylation sites (N-methyl/N-ethyl adjacent to an activating group) is 1. The predicted molar refractivity (Wildman–Crippen MR) is 53.2 cm³/mol. The van der Waals surface area contributed by atoms with Gasteiger partial charge in [-0.15, -0.1) is 0 Å². The average Bonchev–Trinajstić information content (AvgIpc) is 2.23. The summed E-state index contributed by atoms with van der Waals surface area (Å²) in [6, 6.07) is 5.63. The SMILES string of the molecule is COc1ccc2c(c1)C(F)N(C)CC2. The minimum atomic E-state index is -0.992. The van der Waals surface area contributed by atoms with Gasteiger partial charge in [0.1, 0.15) is 5.75 Å². The van der Waals surface area contributed by atoms with Crippen LogP contribution in [0.4, 0.5) is 4.39 Å². The summed E-state index contributed by atoms with van der Waals surface area (Å²) in [5, 5.41) is 0. The molecule has 1 aliphatic rings. The van der Waals surface area contributed by atoms with Crippen LogP contribution in [0.15, 0.2) is 18.2 Å². The van der Waals surface area contributed by atoms with Gasteiger partial charge >= 0.3 is 0 Å². The quantitative estimate of drug-likeness (QED) is 0.637. The smallest absolute Gasteiger partial charge is 0.179 e. The maximum atomic E-state index is 13.8. The zero-order chi connectivity index (χ0) is 10.1. The van der Waals surface area contributed by atoms with E-state index in [4.69, 9.17) is 4.74 Å². The molecule has 14 heavy (non-hydrogen) atoms. The third-order valence-electron chi connectivity index (χ3n) is 2.73. The van der Waals surface area contributed by atoms with Crippen LogP contribution in [-0.2, 0) is 6.42 Å². The Morgan fingerprint density at radius 3 is 3.00 bits per heavy atom. The summed E-state index contributed by atoms with van der Waals surface area (Å²) in [6.45, 7) is 0.778. The molecule has 0 N–H and O–H groups in total. The van der Waals surface area contributed by atoms with Crippen molar-refractivity contribution in [3.05, 3.63) is 29.3 Å². The number of fused-ring (bicyclic) bond motifs is 1. The van der Waals surface area contributed by atoms with Crippen LogP contribution >= 0.6 is 0 Å². The molecule has 76 valence electrons. The number of ether oxygens (including phenoxy) is 1. The van der Waals surface area contributed by atoms with Crippen LogP contribution in [-0.4, -0.2) is 25.6 Å². The van der Waals surface area contributed by atoms with Crippen LogP contribution in [0.2, 0.25) is 0 Å². The van der Waals surface area contributed by atoms with Crippen LogP contribution in [0.3, 0.4) is 0 Å². The number of hydrogen-bond donors (Lipinski definition) is 0. The van der Waals surface area contributed by atoms with Gasteiger partial charge in [0, 0.05) is 12.1 Å². The van der Waals surface area contributed by atoms with E-state index in [2.05, 4.69) is 0 Å². The zero-order valence-electron chi connectivity index (χ0n) is 8.46. The fourth-order valence-corrected chi connectivity index (χ4v) is 1.80. The molecular formula is C11H14FNO. The third kappa shape index (κ3) is 1.48. The molecule has 0 bridgehead atoms. The van der Waals surface area contributed by atoms with Gasteiger partial charge in [-0.2, -0.15) is 0 Å². The highest BCUT2D eigenvalue weighted by Gasteiger charge is 2.24. The molecule has 0 saturated heterocycles. The van der Waals surface area contributed by atoms with Gasteiger partial charge in [-0.1, -0.05) is 6.07 Å². The van der Waals surface area contributed by atoms with Crippen molar-refractivity contribution in [1.29, 1.82) is 0 Å². The van der Waals surface area contributed by atoms with E-state index in [-0.39, 0.29) is 0 Å². The molecule has 1 heterocycles. The molecule has 0 aromatic heterocycles. The highest BCUT2D eigenvalue weighted by atomic mass is 19.1. The molecule has 1 atom stereocenters. The monoisotopic (exact) mass is 195 g/mol. The molecule has 1 unspecified atom stereocenters. The fraction of sp³-hybridized carbons (Fsp3) is 0.455. The van der Waals surface area contributed by atoms with E-state index in [0.29, 0.717) is 0 Å². The molecule has 0 amide bonds. The zero-order valence-corrected chi connectivity index (χ0v) is 8.46. The van der Waals surface area contributed by atoms with E-state index in [1.54, 1.807) is 25.1 Å². The number of halogens is 1. The lowest BCUT2D eigenvalue weighted by Gasteiger charge is -2.29. The average molecular weight is 195 g/mol. The molecule has 0 fully saturated rings. The Balaban J connectivity index is 2.41. The number of methoxy groups -OCH3 is 1. The standard InChI is InChI=1S/C11H14FNO/c1-13-6-5-8-3-4-9(14-2)7-10(8)11(13)12/h3-4,7,11H,5-6H2,1-2H3. The summed E-state index contributed by atoms with van der Waals surface area (Å²) in [5.74, 6) is 0.724. The predicted octanol–water partition coefficient (Wildman–Crippen LogP) is 2.15. The Kier molecular flexibility index (Phi) is 2.42. The number of alkyl halides is 1. The van der Waals surface area contributed by atoms with Gasteiger partial charge in [0.2, 0.25) is 0 Å². The second kappa shape index (κ2) is 3.58. The summed E-state index contributed by atoms with van der Waals surface area (Å²) in [5.41, 5.74) is 1.84. The van der Waals surface area contributed by atoms with Crippen molar-refractivity contribution in [3.8, 4) is 5.75 Å². The first-order valence-corrected chi connectivity index (χ1v) is 4.73. The van der Waals surface area contributed by atoms with Gasteiger partial charge in [0.15, 0.2) is 6.30 Å². The molecule has 1 aliphatic heterocycles. The lowest BCUT2D eigenvalue weighted by molar-refractivity contribution is 0.0996. The number of benzene rings is 1. The Bertz CT molecular complexity index is 340. The molecule has 1 aromatic carbocycles. The van der Waals surface area contributed by atoms with Crippen LogP contribution in [0, 0.1) is 0 Å². The number of hydrogen-bond acceptors (Lipinski definition) is 2. The summed E-state index contributed by atoms with van der Waals surface area (Å²) >= 11 is 0. The van der Waals surface area contributed by atoms with Crippen molar-refractivity contribution in [2.75, 3.05) is 20.7 Å². The van der Waals surface area contributed by atoms with E-state index >= 15 is 0 Å². The minimum Gasteiger partial charge on any atom is -0.497 e. The molecule has 2 nitrogen and oxygen atoms in total. The second-order valence-electron chi connectivity index (χ2n) is 3.63. The molecular weight excluding hydrogens is 181 g/mol. The van der Waals surface area contributed by atoms with Crippen molar-refractivity contribution in [2.24, 2.45) is 0 Å². The number of nitrogens with zero attached hydrogens (tertiary/aromatic N) is 1. The first-order valence-electron chi connectivity index (χ1n) is 4.73. The summed E-state index contributed by atoms with van der Waals surface area (Å²) < 4.78 is 18.8. The van der Waals surface area contributed by atoms with Crippen molar-refractivity contribution >= 4 is 0 Å². The molecule has 3 heteroatoms. The number of rotatable bonds is 1. The van der Waals surface area contributed by atoms with Crippen LogP contribution in [0.1, 0.15) is 17.4 Å². The summed E-state index contributed by atoms with van der Waals surface area (Å²) in [7, 11) is 3.40. The van der Waals surface area contributed by atoms with Crippen LogP contribution in [0.5, 0.6) is 5.75 Å². The Morgan fingerprint density at radius 2 is 2.29 bits per heavy atom. The van der Waals surface area contributed by atoms with Crippen LogP contribution in [0.25, 0.3) is 0 Å².